The maximum Gasteiger partial charge on any atom is 0.321 e. The summed E-state index contributed by atoms with van der Waals surface area (Å²) in [6.45, 7) is 2.49. The van der Waals surface area contributed by atoms with Gasteiger partial charge in [0, 0.05) is 24.8 Å². The van der Waals surface area contributed by atoms with E-state index in [0.717, 1.165) is 28.1 Å². The molecule has 1 aromatic carbocycles. The van der Waals surface area contributed by atoms with E-state index < -0.39 is 0 Å². The van der Waals surface area contributed by atoms with Crippen LogP contribution in [0.4, 0.5) is 10.5 Å². The number of nitrogens with zero attached hydrogens (tertiary/aromatic N) is 1. The van der Waals surface area contributed by atoms with Crippen molar-refractivity contribution in [3.63, 3.8) is 0 Å². The molecule has 2 amide bonds. The molecule has 1 aliphatic heterocycles. The van der Waals surface area contributed by atoms with Gasteiger partial charge in [0.1, 0.15) is 5.76 Å². The molecule has 2 heterocycles. The number of aryl methyl sites for hydroxylation is 1. The Morgan fingerprint density at radius 1 is 1.40 bits per heavy atom. The molecule has 1 unspecified atom stereocenters. The van der Waals surface area contributed by atoms with Crippen molar-refractivity contribution in [1.82, 2.24) is 4.90 Å². The van der Waals surface area contributed by atoms with Crippen LogP contribution in [0.1, 0.15) is 27.8 Å². The van der Waals surface area contributed by atoms with E-state index in [4.69, 9.17) is 16.0 Å². The molecular formula is C15H15ClN2O2. The number of nitrogens with one attached hydrogen (secondary N) is 1. The van der Waals surface area contributed by atoms with Crippen molar-refractivity contribution >= 4 is 23.3 Å². The Balaban J connectivity index is 1.95. The zero-order chi connectivity index (χ0) is 14.3. The zero-order valence-electron chi connectivity index (χ0n) is 11.3. The van der Waals surface area contributed by atoms with E-state index in [9.17, 15) is 4.79 Å². The smallest absolute Gasteiger partial charge is 0.321 e. The molecule has 5 heteroatoms. The average Bonchev–Trinajstić information content (AvgIpc) is 2.85. The number of fused-ring (bicyclic) bond motifs is 1. The Morgan fingerprint density at radius 3 is 2.90 bits per heavy atom. The van der Waals surface area contributed by atoms with Gasteiger partial charge in [0.05, 0.1) is 11.6 Å². The van der Waals surface area contributed by atoms with Crippen molar-refractivity contribution in [2.45, 2.75) is 18.8 Å². The number of anilines is 1. The van der Waals surface area contributed by atoms with Gasteiger partial charge in [-0.1, -0.05) is 12.1 Å². The summed E-state index contributed by atoms with van der Waals surface area (Å²) >= 11 is 6.52. The number of alkyl halides is 1. The van der Waals surface area contributed by atoms with Crippen LogP contribution in [0, 0.1) is 6.92 Å². The molecule has 1 N–H and O–H groups in total. The van der Waals surface area contributed by atoms with Gasteiger partial charge in [-0.3, -0.25) is 0 Å². The second-order valence-corrected chi connectivity index (χ2v) is 5.43. The van der Waals surface area contributed by atoms with Crippen LogP contribution in [0.2, 0.25) is 0 Å². The Bertz CT molecular complexity index is 666. The fourth-order valence-electron chi connectivity index (χ4n) is 2.40. The topological polar surface area (TPSA) is 45.5 Å². The molecule has 2 aromatic rings. The van der Waals surface area contributed by atoms with Crippen LogP contribution in [0.5, 0.6) is 0 Å². The van der Waals surface area contributed by atoms with E-state index in [0.29, 0.717) is 6.54 Å². The fourth-order valence-corrected chi connectivity index (χ4v) is 2.76. The summed E-state index contributed by atoms with van der Waals surface area (Å²) in [4.78, 5) is 13.2. The Morgan fingerprint density at radius 2 is 2.20 bits per heavy atom. The molecule has 0 saturated heterocycles. The second-order valence-electron chi connectivity index (χ2n) is 5.00. The van der Waals surface area contributed by atoms with E-state index in [1.165, 1.54) is 0 Å². The highest BCUT2D eigenvalue weighted by Gasteiger charge is 2.22. The molecule has 0 aliphatic carbocycles. The predicted octanol–water partition coefficient (Wildman–Crippen LogP) is 3.89. The number of hydrogen-bond acceptors (Lipinski definition) is 2. The molecule has 3 rings (SSSR count). The predicted molar refractivity (Wildman–Crippen MR) is 78.1 cm³/mol. The standard InChI is InChI=1S/C15H15ClN2O2/c1-9-12(5-6-20-9)14(16)10-3-4-13-11(7-10)8-18(2)15(19)17-13/h3-7,14H,8H2,1-2H3,(H,17,19). The molecule has 1 aromatic heterocycles. The first-order valence-electron chi connectivity index (χ1n) is 6.39. The first-order chi connectivity index (χ1) is 9.56. The number of halogens is 1. The molecule has 20 heavy (non-hydrogen) atoms. The van der Waals surface area contributed by atoms with Gasteiger partial charge in [0.2, 0.25) is 0 Å². The quantitative estimate of drug-likeness (QED) is 0.853. The van der Waals surface area contributed by atoms with E-state index in [2.05, 4.69) is 5.32 Å². The lowest BCUT2D eigenvalue weighted by molar-refractivity contribution is 0.218. The number of carbonyl (C=O) groups is 1. The largest absolute Gasteiger partial charge is 0.469 e. The molecule has 0 fully saturated rings. The van der Waals surface area contributed by atoms with Crippen molar-refractivity contribution in [2.75, 3.05) is 12.4 Å². The Kier molecular flexibility index (Phi) is 3.18. The summed E-state index contributed by atoms with van der Waals surface area (Å²) in [6.07, 6.45) is 1.65. The summed E-state index contributed by atoms with van der Waals surface area (Å²) in [5.74, 6) is 0.827. The van der Waals surface area contributed by atoms with E-state index in [1.54, 1.807) is 18.2 Å². The SMILES string of the molecule is Cc1occc1C(Cl)c1ccc2c(c1)CN(C)C(=O)N2. The van der Waals surface area contributed by atoms with E-state index in [1.807, 2.05) is 31.2 Å². The van der Waals surface area contributed by atoms with Gasteiger partial charge < -0.3 is 14.6 Å². The molecule has 104 valence electrons. The molecule has 0 spiro atoms. The number of hydrogen-bond donors (Lipinski definition) is 1. The highest BCUT2D eigenvalue weighted by molar-refractivity contribution is 6.22. The van der Waals surface area contributed by atoms with Crippen LogP contribution in [0.25, 0.3) is 0 Å². The Hall–Kier alpha value is -1.94. The number of furan rings is 1. The lowest BCUT2D eigenvalue weighted by Gasteiger charge is -2.26. The van der Waals surface area contributed by atoms with E-state index in [-0.39, 0.29) is 11.4 Å². The first kappa shape index (κ1) is 13.1. The van der Waals surface area contributed by atoms with Gasteiger partial charge in [-0.25, -0.2) is 4.79 Å². The number of rotatable bonds is 2. The summed E-state index contributed by atoms with van der Waals surface area (Å²) in [7, 11) is 1.77. The lowest BCUT2D eigenvalue weighted by atomic mass is 10.0. The average molecular weight is 291 g/mol. The maximum atomic E-state index is 11.6. The van der Waals surface area contributed by atoms with Crippen LogP contribution in [0.15, 0.2) is 34.9 Å². The minimum atomic E-state index is -0.248. The molecule has 1 atom stereocenters. The minimum absolute atomic E-state index is 0.0849. The zero-order valence-corrected chi connectivity index (χ0v) is 12.1. The van der Waals surface area contributed by atoms with Crippen LogP contribution in [-0.4, -0.2) is 18.0 Å². The fraction of sp³-hybridized carbons (Fsp3) is 0.267. The van der Waals surface area contributed by atoms with Crippen molar-refractivity contribution < 1.29 is 9.21 Å². The van der Waals surface area contributed by atoms with Gasteiger partial charge in [0.25, 0.3) is 0 Å². The molecule has 4 nitrogen and oxygen atoms in total. The minimum Gasteiger partial charge on any atom is -0.469 e. The number of urea groups is 1. The molecule has 0 radical (unpaired) electrons. The molecule has 0 saturated carbocycles. The van der Waals surface area contributed by atoms with Gasteiger partial charge >= 0.3 is 6.03 Å². The summed E-state index contributed by atoms with van der Waals surface area (Å²) in [6, 6.07) is 7.68. The van der Waals surface area contributed by atoms with Crippen LogP contribution < -0.4 is 5.32 Å². The third-order valence-corrected chi connectivity index (χ3v) is 4.08. The number of amides is 2. The highest BCUT2D eigenvalue weighted by Crippen LogP contribution is 2.34. The summed E-state index contributed by atoms with van der Waals surface area (Å²) in [5.41, 5.74) is 3.89. The van der Waals surface area contributed by atoms with Gasteiger partial charge in [0.15, 0.2) is 0 Å². The summed E-state index contributed by atoms with van der Waals surface area (Å²) < 4.78 is 5.30. The van der Waals surface area contributed by atoms with Crippen LogP contribution >= 0.6 is 11.6 Å². The van der Waals surface area contributed by atoms with Crippen molar-refractivity contribution in [2.24, 2.45) is 0 Å². The van der Waals surface area contributed by atoms with Crippen molar-refractivity contribution in [3.05, 3.63) is 53.0 Å². The third-order valence-electron chi connectivity index (χ3n) is 3.59. The van der Waals surface area contributed by atoms with E-state index >= 15 is 0 Å². The van der Waals surface area contributed by atoms with Crippen molar-refractivity contribution in [1.29, 1.82) is 0 Å². The molecule has 0 bridgehead atoms. The molecular weight excluding hydrogens is 276 g/mol. The first-order valence-corrected chi connectivity index (χ1v) is 6.83. The normalized spacial score (nSPS) is 15.8. The summed E-state index contributed by atoms with van der Waals surface area (Å²) in [5, 5.41) is 2.60. The van der Waals surface area contributed by atoms with Gasteiger partial charge in [-0.05, 0) is 30.2 Å². The number of benzene rings is 1. The van der Waals surface area contributed by atoms with Gasteiger partial charge in [-0.2, -0.15) is 0 Å². The van der Waals surface area contributed by atoms with Crippen LogP contribution in [-0.2, 0) is 6.54 Å². The highest BCUT2D eigenvalue weighted by atomic mass is 35.5. The molecule has 1 aliphatic rings. The third kappa shape index (κ3) is 2.16. The van der Waals surface area contributed by atoms with Gasteiger partial charge in [-0.15, -0.1) is 11.6 Å². The Labute approximate surface area is 122 Å². The maximum absolute atomic E-state index is 11.6. The lowest BCUT2D eigenvalue weighted by Crippen LogP contribution is -2.35. The second kappa shape index (κ2) is 4.87. The number of carbonyl (C=O) groups excluding carboxylic acids is 1. The monoisotopic (exact) mass is 290 g/mol. The van der Waals surface area contributed by atoms with Crippen LogP contribution in [0.3, 0.4) is 0 Å². The van der Waals surface area contributed by atoms with Crippen molar-refractivity contribution in [3.8, 4) is 0 Å².